The Morgan fingerprint density at radius 2 is 1.84 bits per heavy atom. The van der Waals surface area contributed by atoms with Crippen LogP contribution in [-0.2, 0) is 0 Å². The van der Waals surface area contributed by atoms with Gasteiger partial charge in [0.25, 0.3) is 0 Å². The zero-order valence-corrected chi connectivity index (χ0v) is 13.8. The van der Waals surface area contributed by atoms with E-state index < -0.39 is 5.82 Å². The van der Waals surface area contributed by atoms with Gasteiger partial charge in [-0.15, -0.1) is 0 Å². The monoisotopic (exact) mass is 345 g/mol. The second-order valence-corrected chi connectivity index (χ2v) is 5.40. The molecule has 0 radical (unpaired) electrons. The van der Waals surface area contributed by atoms with Gasteiger partial charge in [-0.3, -0.25) is 0 Å². The largest absolute Gasteiger partial charge is 0.474 e. The standard InChI is InChI=1S/C16H20FN7O/c17-13-3-1-4-19-14(13)25-12-7-20-15(18)23-8-10-24(11-9-23)16-21-5-2-6-22-16/h1-6H,7-12H2,(H2,18,20). The highest BCUT2D eigenvalue weighted by molar-refractivity contribution is 5.78. The van der Waals surface area contributed by atoms with Crippen LogP contribution in [0.3, 0.4) is 0 Å². The Balaban J connectivity index is 1.43. The van der Waals surface area contributed by atoms with Crippen LogP contribution in [0.4, 0.5) is 10.3 Å². The van der Waals surface area contributed by atoms with E-state index in [0.717, 1.165) is 32.1 Å². The first kappa shape index (κ1) is 16.9. The van der Waals surface area contributed by atoms with Gasteiger partial charge in [0.05, 0.1) is 6.54 Å². The number of pyridine rings is 1. The summed E-state index contributed by atoms with van der Waals surface area (Å²) in [5.74, 6) is 0.675. The van der Waals surface area contributed by atoms with E-state index in [1.54, 1.807) is 18.5 Å². The lowest BCUT2D eigenvalue weighted by Crippen LogP contribution is -2.51. The first-order chi connectivity index (χ1) is 12.2. The van der Waals surface area contributed by atoms with E-state index in [-0.39, 0.29) is 12.5 Å². The summed E-state index contributed by atoms with van der Waals surface area (Å²) in [4.78, 5) is 20.7. The van der Waals surface area contributed by atoms with Gasteiger partial charge in [-0.05, 0) is 18.2 Å². The highest BCUT2D eigenvalue weighted by Crippen LogP contribution is 2.11. The summed E-state index contributed by atoms with van der Waals surface area (Å²) in [6.45, 7) is 3.58. The molecule has 3 rings (SSSR count). The molecule has 0 aromatic carbocycles. The maximum absolute atomic E-state index is 13.4. The van der Waals surface area contributed by atoms with Crippen molar-refractivity contribution in [2.45, 2.75) is 0 Å². The lowest BCUT2D eigenvalue weighted by Gasteiger charge is -2.35. The van der Waals surface area contributed by atoms with Crippen molar-refractivity contribution < 1.29 is 9.13 Å². The van der Waals surface area contributed by atoms with Crippen LogP contribution in [0, 0.1) is 5.82 Å². The van der Waals surface area contributed by atoms with Crippen LogP contribution in [0.25, 0.3) is 0 Å². The third-order valence-electron chi connectivity index (χ3n) is 3.77. The summed E-state index contributed by atoms with van der Waals surface area (Å²) < 4.78 is 18.6. The number of ether oxygens (including phenoxy) is 1. The molecule has 9 heteroatoms. The molecule has 1 saturated heterocycles. The van der Waals surface area contributed by atoms with Crippen LogP contribution in [0.15, 0.2) is 41.8 Å². The van der Waals surface area contributed by atoms with E-state index in [4.69, 9.17) is 10.5 Å². The Morgan fingerprint density at radius 1 is 1.12 bits per heavy atom. The molecule has 2 aromatic rings. The predicted octanol–water partition coefficient (Wildman–Crippen LogP) is 0.526. The minimum atomic E-state index is -0.487. The number of guanidine groups is 1. The third-order valence-corrected chi connectivity index (χ3v) is 3.77. The molecule has 1 fully saturated rings. The Bertz CT molecular complexity index is 705. The lowest BCUT2D eigenvalue weighted by molar-refractivity contribution is 0.296. The number of aliphatic imine (C=N–C) groups is 1. The number of hydrogen-bond acceptors (Lipinski definition) is 6. The van der Waals surface area contributed by atoms with Gasteiger partial charge in [0, 0.05) is 44.8 Å². The van der Waals surface area contributed by atoms with Crippen LogP contribution in [-0.4, -0.2) is 65.1 Å². The molecule has 0 spiro atoms. The third kappa shape index (κ3) is 4.52. The van der Waals surface area contributed by atoms with E-state index in [2.05, 4.69) is 24.8 Å². The topological polar surface area (TPSA) is 92.8 Å². The summed E-state index contributed by atoms with van der Waals surface area (Å²) >= 11 is 0. The Kier molecular flexibility index (Phi) is 5.55. The summed E-state index contributed by atoms with van der Waals surface area (Å²) in [6, 6.07) is 4.61. The molecule has 0 saturated carbocycles. The van der Waals surface area contributed by atoms with Gasteiger partial charge < -0.3 is 20.3 Å². The summed E-state index contributed by atoms with van der Waals surface area (Å²) in [5, 5.41) is 0. The van der Waals surface area contributed by atoms with Crippen LogP contribution in [0.1, 0.15) is 0 Å². The molecular weight excluding hydrogens is 325 g/mol. The van der Waals surface area contributed by atoms with Crippen LogP contribution >= 0.6 is 0 Å². The molecule has 0 aliphatic carbocycles. The number of anilines is 1. The Morgan fingerprint density at radius 3 is 2.56 bits per heavy atom. The zero-order valence-electron chi connectivity index (χ0n) is 13.8. The van der Waals surface area contributed by atoms with Crippen LogP contribution in [0.2, 0.25) is 0 Å². The molecule has 0 atom stereocenters. The van der Waals surface area contributed by atoms with Gasteiger partial charge in [0.1, 0.15) is 6.61 Å². The molecule has 0 amide bonds. The number of rotatable bonds is 5. The van der Waals surface area contributed by atoms with Crippen LogP contribution in [0.5, 0.6) is 5.88 Å². The summed E-state index contributed by atoms with van der Waals surface area (Å²) in [7, 11) is 0. The highest BCUT2D eigenvalue weighted by atomic mass is 19.1. The summed E-state index contributed by atoms with van der Waals surface area (Å²) in [6.07, 6.45) is 4.94. The molecule has 25 heavy (non-hydrogen) atoms. The molecular formula is C16H20FN7O. The normalized spacial score (nSPS) is 15.3. The quantitative estimate of drug-likeness (QED) is 0.480. The van der Waals surface area contributed by atoms with Crippen molar-refractivity contribution in [3.05, 3.63) is 42.6 Å². The first-order valence-corrected chi connectivity index (χ1v) is 8.04. The molecule has 3 heterocycles. The summed E-state index contributed by atoms with van der Waals surface area (Å²) in [5.41, 5.74) is 6.02. The number of halogens is 1. The van der Waals surface area contributed by atoms with Gasteiger partial charge in [-0.2, -0.15) is 0 Å². The molecule has 132 valence electrons. The van der Waals surface area contributed by atoms with E-state index >= 15 is 0 Å². The maximum Gasteiger partial charge on any atom is 0.250 e. The second kappa shape index (κ2) is 8.22. The smallest absolute Gasteiger partial charge is 0.250 e. The Labute approximate surface area is 145 Å². The van der Waals surface area contributed by atoms with Crippen molar-refractivity contribution in [1.29, 1.82) is 0 Å². The predicted molar refractivity (Wildman–Crippen MR) is 92.0 cm³/mol. The van der Waals surface area contributed by atoms with Gasteiger partial charge >= 0.3 is 0 Å². The van der Waals surface area contributed by atoms with Crippen molar-refractivity contribution in [2.24, 2.45) is 10.7 Å². The van der Waals surface area contributed by atoms with Crippen molar-refractivity contribution in [2.75, 3.05) is 44.2 Å². The average molecular weight is 345 g/mol. The molecule has 8 nitrogen and oxygen atoms in total. The first-order valence-electron chi connectivity index (χ1n) is 8.04. The van der Waals surface area contributed by atoms with Crippen molar-refractivity contribution in [3.8, 4) is 5.88 Å². The highest BCUT2D eigenvalue weighted by Gasteiger charge is 2.19. The zero-order chi connectivity index (χ0) is 17.5. The fourth-order valence-corrected chi connectivity index (χ4v) is 2.47. The fourth-order valence-electron chi connectivity index (χ4n) is 2.47. The molecule has 1 aliphatic rings. The van der Waals surface area contributed by atoms with E-state index in [9.17, 15) is 4.39 Å². The number of hydrogen-bond donors (Lipinski definition) is 1. The number of piperazine rings is 1. The van der Waals surface area contributed by atoms with Gasteiger partial charge in [-0.1, -0.05) is 0 Å². The molecule has 1 aliphatic heterocycles. The van der Waals surface area contributed by atoms with Gasteiger partial charge in [0.15, 0.2) is 11.8 Å². The van der Waals surface area contributed by atoms with E-state index in [0.29, 0.717) is 12.5 Å². The van der Waals surface area contributed by atoms with E-state index in [1.807, 2.05) is 4.90 Å². The molecule has 0 unspecified atom stereocenters. The Hall–Kier alpha value is -2.97. The number of nitrogens with two attached hydrogens (primary N) is 1. The van der Waals surface area contributed by atoms with Crippen molar-refractivity contribution >= 4 is 11.9 Å². The molecule has 0 bridgehead atoms. The van der Waals surface area contributed by atoms with Crippen molar-refractivity contribution in [1.82, 2.24) is 19.9 Å². The minimum absolute atomic E-state index is 0.0206. The maximum atomic E-state index is 13.4. The fraction of sp³-hybridized carbons (Fsp3) is 0.375. The minimum Gasteiger partial charge on any atom is -0.474 e. The van der Waals surface area contributed by atoms with E-state index in [1.165, 1.54) is 18.3 Å². The van der Waals surface area contributed by atoms with Gasteiger partial charge in [-0.25, -0.2) is 24.3 Å². The number of nitrogens with zero attached hydrogens (tertiary/aromatic N) is 6. The van der Waals surface area contributed by atoms with Crippen LogP contribution < -0.4 is 15.4 Å². The molecule has 2 N–H and O–H groups in total. The average Bonchev–Trinajstić information content (AvgIpc) is 2.67. The van der Waals surface area contributed by atoms with Gasteiger partial charge in [0.2, 0.25) is 11.8 Å². The SMILES string of the molecule is NC(=NCCOc1ncccc1F)N1CCN(c2ncccn2)CC1. The second-order valence-electron chi connectivity index (χ2n) is 5.40. The molecule has 2 aromatic heterocycles. The van der Waals surface area contributed by atoms with Crippen molar-refractivity contribution in [3.63, 3.8) is 0 Å². The lowest BCUT2D eigenvalue weighted by atomic mass is 10.3. The number of aromatic nitrogens is 3.